The summed E-state index contributed by atoms with van der Waals surface area (Å²) in [6, 6.07) is 14.5. The van der Waals surface area contributed by atoms with Gasteiger partial charge in [0.15, 0.2) is 5.16 Å². The number of aryl methyl sites for hydroxylation is 1. The SMILES string of the molecule is Cc1ccc(-c2ccc(-c3nc4n(c(=O)c3C#N)CCCS4)c(F)c2)cc1. The zero-order chi connectivity index (χ0) is 19.0. The maximum absolute atomic E-state index is 14.9. The van der Waals surface area contributed by atoms with Crippen LogP contribution in [0, 0.1) is 24.1 Å². The Kier molecular flexibility index (Phi) is 4.54. The molecular formula is C21H16FN3OS. The number of nitrogens with zero attached hydrogens (tertiary/aromatic N) is 3. The van der Waals surface area contributed by atoms with Crippen molar-refractivity contribution in [2.75, 3.05) is 5.75 Å². The molecule has 0 aliphatic carbocycles. The van der Waals surface area contributed by atoms with Gasteiger partial charge in [0, 0.05) is 17.9 Å². The average Bonchev–Trinajstić information content (AvgIpc) is 2.68. The summed E-state index contributed by atoms with van der Waals surface area (Å²) in [6.45, 7) is 2.53. The Hall–Kier alpha value is -2.91. The molecule has 4 rings (SSSR count). The maximum Gasteiger partial charge on any atom is 0.272 e. The summed E-state index contributed by atoms with van der Waals surface area (Å²) in [4.78, 5) is 17.1. The highest BCUT2D eigenvalue weighted by atomic mass is 32.2. The summed E-state index contributed by atoms with van der Waals surface area (Å²) in [7, 11) is 0. The van der Waals surface area contributed by atoms with Crippen molar-refractivity contribution < 1.29 is 4.39 Å². The summed E-state index contributed by atoms with van der Waals surface area (Å²) in [5.74, 6) is 0.356. The molecule has 0 saturated carbocycles. The lowest BCUT2D eigenvalue weighted by molar-refractivity contribution is 0.561. The van der Waals surface area contributed by atoms with Gasteiger partial charge >= 0.3 is 0 Å². The van der Waals surface area contributed by atoms with E-state index in [9.17, 15) is 14.4 Å². The molecule has 2 heterocycles. The molecule has 134 valence electrons. The molecule has 3 aromatic rings. The molecule has 1 aliphatic rings. The first kappa shape index (κ1) is 17.5. The van der Waals surface area contributed by atoms with Crippen molar-refractivity contribution in [2.24, 2.45) is 0 Å². The third kappa shape index (κ3) is 3.15. The third-order valence-electron chi connectivity index (χ3n) is 4.61. The van der Waals surface area contributed by atoms with Crippen LogP contribution in [0.5, 0.6) is 0 Å². The normalized spacial score (nSPS) is 13.1. The van der Waals surface area contributed by atoms with E-state index in [-0.39, 0.29) is 16.8 Å². The van der Waals surface area contributed by atoms with E-state index in [0.717, 1.165) is 28.9 Å². The summed E-state index contributed by atoms with van der Waals surface area (Å²) < 4.78 is 16.4. The zero-order valence-electron chi connectivity index (χ0n) is 14.7. The molecule has 1 aliphatic heterocycles. The van der Waals surface area contributed by atoms with E-state index in [1.807, 2.05) is 37.3 Å². The number of fused-ring (bicyclic) bond motifs is 1. The monoisotopic (exact) mass is 377 g/mol. The Bertz CT molecular complexity index is 1130. The molecule has 0 amide bonds. The lowest BCUT2D eigenvalue weighted by Gasteiger charge is -2.18. The molecule has 0 radical (unpaired) electrons. The minimum atomic E-state index is -0.498. The van der Waals surface area contributed by atoms with Gasteiger partial charge in [-0.2, -0.15) is 5.26 Å². The van der Waals surface area contributed by atoms with Gasteiger partial charge < -0.3 is 0 Å². The van der Waals surface area contributed by atoms with E-state index >= 15 is 0 Å². The topological polar surface area (TPSA) is 58.7 Å². The Morgan fingerprint density at radius 3 is 2.63 bits per heavy atom. The number of halogens is 1. The van der Waals surface area contributed by atoms with Crippen molar-refractivity contribution in [3.63, 3.8) is 0 Å². The summed E-state index contributed by atoms with van der Waals surface area (Å²) in [5, 5.41) is 10.0. The smallest absolute Gasteiger partial charge is 0.272 e. The van der Waals surface area contributed by atoms with Crippen LogP contribution >= 0.6 is 11.8 Å². The Morgan fingerprint density at radius 1 is 1.19 bits per heavy atom. The van der Waals surface area contributed by atoms with Crippen molar-refractivity contribution in [1.29, 1.82) is 5.26 Å². The number of benzene rings is 2. The van der Waals surface area contributed by atoms with E-state index in [2.05, 4.69) is 4.98 Å². The van der Waals surface area contributed by atoms with Crippen molar-refractivity contribution >= 4 is 11.8 Å². The van der Waals surface area contributed by atoms with Crippen molar-refractivity contribution in [2.45, 2.75) is 25.0 Å². The Morgan fingerprint density at radius 2 is 1.93 bits per heavy atom. The molecule has 0 spiro atoms. The van der Waals surface area contributed by atoms with Crippen molar-refractivity contribution in [3.05, 3.63) is 69.8 Å². The maximum atomic E-state index is 14.9. The molecule has 0 saturated heterocycles. The zero-order valence-corrected chi connectivity index (χ0v) is 15.5. The number of aromatic nitrogens is 2. The Labute approximate surface area is 160 Å². The predicted octanol–water partition coefficient (Wildman–Crippen LogP) is 4.39. The van der Waals surface area contributed by atoms with Gasteiger partial charge in [-0.15, -0.1) is 0 Å². The molecule has 0 atom stereocenters. The first-order chi connectivity index (χ1) is 13.1. The molecule has 0 bridgehead atoms. The van der Waals surface area contributed by atoms with Gasteiger partial charge in [0.25, 0.3) is 5.56 Å². The van der Waals surface area contributed by atoms with Gasteiger partial charge in [-0.3, -0.25) is 9.36 Å². The van der Waals surface area contributed by atoms with Crippen LogP contribution in [0.2, 0.25) is 0 Å². The van der Waals surface area contributed by atoms with Gasteiger partial charge in [-0.05, 0) is 36.6 Å². The van der Waals surface area contributed by atoms with Gasteiger partial charge in [0.2, 0.25) is 0 Å². The van der Waals surface area contributed by atoms with Crippen LogP contribution in [-0.2, 0) is 6.54 Å². The van der Waals surface area contributed by atoms with Crippen LogP contribution in [0.4, 0.5) is 4.39 Å². The molecule has 2 aromatic carbocycles. The third-order valence-corrected chi connectivity index (χ3v) is 5.67. The molecule has 27 heavy (non-hydrogen) atoms. The molecule has 6 heteroatoms. The minimum absolute atomic E-state index is 0.108. The average molecular weight is 377 g/mol. The van der Waals surface area contributed by atoms with E-state index in [0.29, 0.717) is 11.7 Å². The first-order valence-corrected chi connectivity index (χ1v) is 9.62. The van der Waals surface area contributed by atoms with Crippen LogP contribution in [0.1, 0.15) is 17.5 Å². The summed E-state index contributed by atoms with van der Waals surface area (Å²) >= 11 is 1.46. The number of rotatable bonds is 2. The first-order valence-electron chi connectivity index (χ1n) is 8.63. The number of hydrogen-bond acceptors (Lipinski definition) is 4. The lowest BCUT2D eigenvalue weighted by atomic mass is 10.00. The van der Waals surface area contributed by atoms with Crippen molar-refractivity contribution in [1.82, 2.24) is 9.55 Å². The molecule has 0 N–H and O–H groups in total. The van der Waals surface area contributed by atoms with Gasteiger partial charge in [0.1, 0.15) is 17.4 Å². The fourth-order valence-electron chi connectivity index (χ4n) is 3.16. The number of thioether (sulfide) groups is 1. The molecule has 1 aromatic heterocycles. The molecule has 0 fully saturated rings. The summed E-state index contributed by atoms with van der Waals surface area (Å²) in [6.07, 6.45) is 0.850. The van der Waals surface area contributed by atoms with E-state index < -0.39 is 11.4 Å². The van der Waals surface area contributed by atoms with Gasteiger partial charge in [0.05, 0.1) is 5.69 Å². The van der Waals surface area contributed by atoms with Crippen LogP contribution in [0.3, 0.4) is 0 Å². The largest absolute Gasteiger partial charge is 0.286 e. The van der Waals surface area contributed by atoms with E-state index in [4.69, 9.17) is 0 Å². The highest BCUT2D eigenvalue weighted by Gasteiger charge is 2.22. The fraction of sp³-hybridized carbons (Fsp3) is 0.190. The minimum Gasteiger partial charge on any atom is -0.286 e. The lowest BCUT2D eigenvalue weighted by Crippen LogP contribution is -2.29. The molecule has 4 nitrogen and oxygen atoms in total. The molecule has 0 unspecified atom stereocenters. The second-order valence-corrected chi connectivity index (χ2v) is 7.51. The van der Waals surface area contributed by atoms with Crippen LogP contribution in [0.15, 0.2) is 52.4 Å². The van der Waals surface area contributed by atoms with Crippen LogP contribution in [0.25, 0.3) is 22.4 Å². The summed E-state index contributed by atoms with van der Waals surface area (Å²) in [5.41, 5.74) is 2.56. The van der Waals surface area contributed by atoms with Crippen LogP contribution in [-0.4, -0.2) is 15.3 Å². The number of hydrogen-bond donors (Lipinski definition) is 0. The predicted molar refractivity (Wildman–Crippen MR) is 104 cm³/mol. The van der Waals surface area contributed by atoms with Crippen molar-refractivity contribution in [3.8, 4) is 28.5 Å². The second kappa shape index (κ2) is 7.01. The fourth-order valence-corrected chi connectivity index (χ4v) is 4.10. The number of nitriles is 1. The second-order valence-electron chi connectivity index (χ2n) is 6.45. The van der Waals surface area contributed by atoms with E-state index in [1.54, 1.807) is 12.1 Å². The Balaban J connectivity index is 1.84. The van der Waals surface area contributed by atoms with E-state index in [1.165, 1.54) is 22.4 Å². The van der Waals surface area contributed by atoms with Crippen LogP contribution < -0.4 is 5.56 Å². The quantitative estimate of drug-likeness (QED) is 0.622. The highest BCUT2D eigenvalue weighted by molar-refractivity contribution is 7.99. The van der Waals surface area contributed by atoms with Gasteiger partial charge in [-0.1, -0.05) is 47.7 Å². The standard InChI is InChI=1S/C21H16FN3OS/c1-13-3-5-14(6-4-13)15-7-8-16(18(22)11-15)19-17(12-23)20(26)25-9-2-10-27-21(25)24-19/h3-8,11H,2,9-10H2,1H3. The molecular weight excluding hydrogens is 361 g/mol. The van der Waals surface area contributed by atoms with Gasteiger partial charge in [-0.25, -0.2) is 9.37 Å². The highest BCUT2D eigenvalue weighted by Crippen LogP contribution is 2.30.